The average molecular weight is 230 g/mol. The lowest BCUT2D eigenvalue weighted by Crippen LogP contribution is -2.33. The highest BCUT2D eigenvalue weighted by Gasteiger charge is 2.28. The number of rotatable bonds is 2. The highest BCUT2D eigenvalue weighted by molar-refractivity contribution is 5.83. The Morgan fingerprint density at radius 1 is 1.53 bits per heavy atom. The number of nitrogens with two attached hydrogens (primary N) is 1. The smallest absolute Gasteiger partial charge is 0.239 e. The minimum absolute atomic E-state index is 0.0507. The molecule has 1 aromatic carbocycles. The zero-order chi connectivity index (χ0) is 11.8. The molecule has 0 spiro atoms. The number of aromatic amines is 1. The van der Waals surface area contributed by atoms with Gasteiger partial charge >= 0.3 is 0 Å². The maximum Gasteiger partial charge on any atom is 0.239 e. The van der Waals surface area contributed by atoms with Gasteiger partial charge in [0, 0.05) is 13.1 Å². The summed E-state index contributed by atoms with van der Waals surface area (Å²) in [6.07, 6.45) is 2.43. The van der Waals surface area contributed by atoms with E-state index in [9.17, 15) is 4.79 Å². The van der Waals surface area contributed by atoms with Gasteiger partial charge in [0.05, 0.1) is 23.4 Å². The molecule has 5 heteroatoms. The number of nitrogens with zero attached hydrogens (tertiary/aromatic N) is 2. The third kappa shape index (κ3) is 1.78. The SMILES string of the molecule is N[C@H]1CCN(Cc2ccc3nc[nH]c3c2)C1=O. The van der Waals surface area contributed by atoms with Crippen LogP contribution in [-0.2, 0) is 11.3 Å². The summed E-state index contributed by atoms with van der Waals surface area (Å²) in [5.74, 6) is 0.0507. The highest BCUT2D eigenvalue weighted by Crippen LogP contribution is 2.16. The third-order valence-electron chi connectivity index (χ3n) is 3.20. The Labute approximate surface area is 98.6 Å². The Balaban J connectivity index is 1.82. The standard InChI is InChI=1S/C12H14N4O/c13-9-3-4-16(12(9)17)6-8-1-2-10-11(5-8)15-7-14-10/h1-2,5,7,9H,3-4,6,13H2,(H,14,15)/t9-/m0/s1. The minimum Gasteiger partial charge on any atom is -0.345 e. The van der Waals surface area contributed by atoms with E-state index in [1.807, 2.05) is 23.1 Å². The zero-order valence-electron chi connectivity index (χ0n) is 9.39. The summed E-state index contributed by atoms with van der Waals surface area (Å²) in [4.78, 5) is 20.7. The molecule has 2 aromatic rings. The molecule has 1 aromatic heterocycles. The number of carbonyl (C=O) groups is 1. The van der Waals surface area contributed by atoms with E-state index in [-0.39, 0.29) is 11.9 Å². The number of fused-ring (bicyclic) bond motifs is 1. The van der Waals surface area contributed by atoms with Crippen LogP contribution < -0.4 is 5.73 Å². The van der Waals surface area contributed by atoms with Crippen molar-refractivity contribution in [1.29, 1.82) is 0 Å². The molecule has 1 aliphatic heterocycles. The minimum atomic E-state index is -0.314. The van der Waals surface area contributed by atoms with Gasteiger partial charge in [0.25, 0.3) is 0 Å². The summed E-state index contributed by atoms with van der Waals surface area (Å²) in [6, 6.07) is 5.67. The van der Waals surface area contributed by atoms with Crippen LogP contribution in [0.3, 0.4) is 0 Å². The van der Waals surface area contributed by atoms with Gasteiger partial charge < -0.3 is 15.6 Å². The lowest BCUT2D eigenvalue weighted by molar-refractivity contribution is -0.129. The predicted octanol–water partition coefficient (Wildman–Crippen LogP) is 0.622. The first-order valence-corrected chi connectivity index (χ1v) is 5.70. The van der Waals surface area contributed by atoms with Crippen LogP contribution in [0.4, 0.5) is 0 Å². The summed E-state index contributed by atoms with van der Waals surface area (Å²) >= 11 is 0. The van der Waals surface area contributed by atoms with Crippen molar-refractivity contribution in [3.63, 3.8) is 0 Å². The maximum absolute atomic E-state index is 11.7. The van der Waals surface area contributed by atoms with Gasteiger partial charge in [-0.15, -0.1) is 0 Å². The van der Waals surface area contributed by atoms with Gasteiger partial charge in [0.1, 0.15) is 0 Å². The highest BCUT2D eigenvalue weighted by atomic mass is 16.2. The molecule has 0 bridgehead atoms. The van der Waals surface area contributed by atoms with E-state index in [0.717, 1.165) is 29.6 Å². The number of carbonyl (C=O) groups excluding carboxylic acids is 1. The van der Waals surface area contributed by atoms with Crippen molar-refractivity contribution in [2.24, 2.45) is 5.73 Å². The van der Waals surface area contributed by atoms with Crippen molar-refractivity contribution in [3.8, 4) is 0 Å². The number of aromatic nitrogens is 2. The van der Waals surface area contributed by atoms with Crippen molar-refractivity contribution in [3.05, 3.63) is 30.1 Å². The second-order valence-electron chi connectivity index (χ2n) is 4.41. The Morgan fingerprint density at radius 2 is 2.41 bits per heavy atom. The van der Waals surface area contributed by atoms with Crippen LogP contribution in [0.15, 0.2) is 24.5 Å². The van der Waals surface area contributed by atoms with Gasteiger partial charge in [-0.3, -0.25) is 4.79 Å². The summed E-state index contributed by atoms with van der Waals surface area (Å²) < 4.78 is 0. The van der Waals surface area contributed by atoms with Crippen LogP contribution in [0, 0.1) is 0 Å². The molecular formula is C12H14N4O. The summed E-state index contributed by atoms with van der Waals surface area (Å²) in [5, 5.41) is 0. The van der Waals surface area contributed by atoms with Gasteiger partial charge in [0.15, 0.2) is 0 Å². The lowest BCUT2D eigenvalue weighted by Gasteiger charge is -2.15. The van der Waals surface area contributed by atoms with Crippen LogP contribution in [0.5, 0.6) is 0 Å². The molecule has 1 amide bonds. The molecule has 17 heavy (non-hydrogen) atoms. The Kier molecular flexibility index (Phi) is 2.33. The molecule has 2 heterocycles. The van der Waals surface area contributed by atoms with Crippen molar-refractivity contribution >= 4 is 16.9 Å². The first-order valence-electron chi connectivity index (χ1n) is 5.70. The fourth-order valence-corrected chi connectivity index (χ4v) is 2.22. The molecule has 1 atom stereocenters. The number of imidazole rings is 1. The maximum atomic E-state index is 11.7. The van der Waals surface area contributed by atoms with E-state index < -0.39 is 0 Å². The zero-order valence-corrected chi connectivity index (χ0v) is 9.39. The largest absolute Gasteiger partial charge is 0.345 e. The second kappa shape index (κ2) is 3.85. The predicted molar refractivity (Wildman–Crippen MR) is 64.1 cm³/mol. The van der Waals surface area contributed by atoms with Crippen molar-refractivity contribution in [1.82, 2.24) is 14.9 Å². The van der Waals surface area contributed by atoms with E-state index in [1.165, 1.54) is 0 Å². The first-order chi connectivity index (χ1) is 8.24. The monoisotopic (exact) mass is 230 g/mol. The van der Waals surface area contributed by atoms with Gasteiger partial charge in [-0.05, 0) is 24.1 Å². The van der Waals surface area contributed by atoms with Gasteiger partial charge in [-0.1, -0.05) is 6.07 Å². The molecule has 1 fully saturated rings. The number of benzene rings is 1. The number of H-pyrrole nitrogens is 1. The van der Waals surface area contributed by atoms with E-state index in [4.69, 9.17) is 5.73 Å². The molecule has 0 saturated carbocycles. The number of hydrogen-bond acceptors (Lipinski definition) is 3. The Bertz CT molecular complexity index is 562. The Hall–Kier alpha value is -1.88. The van der Waals surface area contributed by atoms with E-state index >= 15 is 0 Å². The number of nitrogens with one attached hydrogen (secondary N) is 1. The van der Waals surface area contributed by atoms with Crippen LogP contribution in [0.2, 0.25) is 0 Å². The van der Waals surface area contributed by atoms with Crippen LogP contribution >= 0.6 is 0 Å². The van der Waals surface area contributed by atoms with Crippen molar-refractivity contribution < 1.29 is 4.79 Å². The van der Waals surface area contributed by atoms with Crippen LogP contribution in [0.25, 0.3) is 11.0 Å². The molecule has 5 nitrogen and oxygen atoms in total. The van der Waals surface area contributed by atoms with E-state index in [0.29, 0.717) is 6.54 Å². The quantitative estimate of drug-likeness (QED) is 0.794. The number of likely N-dealkylation sites (tertiary alicyclic amines) is 1. The average Bonchev–Trinajstić information content (AvgIpc) is 2.90. The molecule has 0 unspecified atom stereocenters. The summed E-state index contributed by atoms with van der Waals surface area (Å²) in [7, 11) is 0. The van der Waals surface area contributed by atoms with E-state index in [1.54, 1.807) is 6.33 Å². The molecule has 3 N–H and O–H groups in total. The summed E-state index contributed by atoms with van der Waals surface area (Å²) in [5.41, 5.74) is 8.73. The molecular weight excluding hydrogens is 216 g/mol. The fourth-order valence-electron chi connectivity index (χ4n) is 2.22. The van der Waals surface area contributed by atoms with Gasteiger partial charge in [0.2, 0.25) is 5.91 Å². The number of hydrogen-bond donors (Lipinski definition) is 2. The van der Waals surface area contributed by atoms with Crippen molar-refractivity contribution in [2.75, 3.05) is 6.54 Å². The van der Waals surface area contributed by atoms with Crippen LogP contribution in [0.1, 0.15) is 12.0 Å². The fraction of sp³-hybridized carbons (Fsp3) is 0.333. The molecule has 0 aliphatic carbocycles. The molecule has 1 saturated heterocycles. The van der Waals surface area contributed by atoms with Crippen molar-refractivity contribution in [2.45, 2.75) is 19.0 Å². The normalized spacial score (nSPS) is 20.4. The first kappa shape index (κ1) is 10.3. The van der Waals surface area contributed by atoms with Crippen LogP contribution in [-0.4, -0.2) is 33.4 Å². The topological polar surface area (TPSA) is 75.0 Å². The third-order valence-corrected chi connectivity index (χ3v) is 3.20. The second-order valence-corrected chi connectivity index (χ2v) is 4.41. The molecule has 3 rings (SSSR count). The lowest BCUT2D eigenvalue weighted by atomic mass is 10.2. The van der Waals surface area contributed by atoms with E-state index in [2.05, 4.69) is 9.97 Å². The Morgan fingerprint density at radius 3 is 3.18 bits per heavy atom. The molecule has 0 radical (unpaired) electrons. The van der Waals surface area contributed by atoms with Gasteiger partial charge in [-0.2, -0.15) is 0 Å². The molecule has 1 aliphatic rings. The van der Waals surface area contributed by atoms with Gasteiger partial charge in [-0.25, -0.2) is 4.98 Å². The summed E-state index contributed by atoms with van der Waals surface area (Å²) in [6.45, 7) is 1.38. The molecule has 88 valence electrons. The number of amides is 1.